The maximum Gasteiger partial charge on any atom is 0.488 e. The molecule has 0 amide bonds. The standard InChI is InChI=1S/C9H13BO2S/c1-3-13(2)9-6-4-8(5-7-9)10(11)12/h3-7,11-12H,1-2H3. The monoisotopic (exact) mass is 196 g/mol. The van der Waals surface area contributed by atoms with Gasteiger partial charge in [-0.25, -0.2) is 0 Å². The van der Waals surface area contributed by atoms with Crippen molar-refractivity contribution in [2.45, 2.75) is 11.8 Å². The minimum absolute atomic E-state index is 0.150. The van der Waals surface area contributed by atoms with Gasteiger partial charge in [-0.05, 0) is 30.8 Å². The van der Waals surface area contributed by atoms with Crippen LogP contribution >= 0.6 is 10.5 Å². The summed E-state index contributed by atoms with van der Waals surface area (Å²) in [7, 11) is -1.21. The van der Waals surface area contributed by atoms with E-state index >= 15 is 0 Å². The fourth-order valence-corrected chi connectivity index (χ4v) is 1.83. The summed E-state index contributed by atoms with van der Waals surface area (Å²) in [6.45, 7) is 2.03. The normalized spacial score (nSPS) is 12.9. The fraction of sp³-hybridized carbons (Fsp3) is 0.222. The molecule has 0 heterocycles. The van der Waals surface area contributed by atoms with E-state index in [9.17, 15) is 0 Å². The van der Waals surface area contributed by atoms with Crippen LogP contribution in [0, 0.1) is 0 Å². The van der Waals surface area contributed by atoms with Crippen molar-refractivity contribution in [3.05, 3.63) is 24.3 Å². The lowest BCUT2D eigenvalue weighted by Crippen LogP contribution is -2.29. The van der Waals surface area contributed by atoms with Crippen LogP contribution < -0.4 is 5.46 Å². The first-order valence-corrected chi connectivity index (χ1v) is 5.75. The topological polar surface area (TPSA) is 40.5 Å². The largest absolute Gasteiger partial charge is 0.488 e. The summed E-state index contributed by atoms with van der Waals surface area (Å²) in [4.78, 5) is 1.21. The average molecular weight is 196 g/mol. The highest BCUT2D eigenvalue weighted by Crippen LogP contribution is 2.20. The molecule has 1 rings (SSSR count). The first kappa shape index (κ1) is 10.5. The second-order valence-electron chi connectivity index (χ2n) is 2.74. The van der Waals surface area contributed by atoms with Gasteiger partial charge in [-0.1, -0.05) is 17.5 Å². The van der Waals surface area contributed by atoms with Crippen LogP contribution in [0.25, 0.3) is 0 Å². The number of hydrogen-bond donors (Lipinski definition) is 2. The molecule has 2 nitrogen and oxygen atoms in total. The van der Waals surface area contributed by atoms with Crippen molar-refractivity contribution >= 4 is 28.4 Å². The quantitative estimate of drug-likeness (QED) is 0.532. The van der Waals surface area contributed by atoms with E-state index in [1.54, 1.807) is 12.1 Å². The van der Waals surface area contributed by atoms with Crippen molar-refractivity contribution in [2.24, 2.45) is 0 Å². The lowest BCUT2D eigenvalue weighted by molar-refractivity contribution is 0.426. The summed E-state index contributed by atoms with van der Waals surface area (Å²) in [5.74, 6) is 0. The Morgan fingerprint density at radius 1 is 1.23 bits per heavy atom. The Morgan fingerprint density at radius 3 is 2.15 bits per heavy atom. The van der Waals surface area contributed by atoms with E-state index in [1.165, 1.54) is 4.90 Å². The highest BCUT2D eigenvalue weighted by Gasteiger charge is 2.09. The Labute approximate surface area is 81.3 Å². The van der Waals surface area contributed by atoms with Gasteiger partial charge in [0.05, 0.1) is 0 Å². The van der Waals surface area contributed by atoms with Gasteiger partial charge < -0.3 is 10.0 Å². The molecule has 13 heavy (non-hydrogen) atoms. The third-order valence-electron chi connectivity index (χ3n) is 1.90. The van der Waals surface area contributed by atoms with Gasteiger partial charge in [-0.15, -0.1) is 0 Å². The summed E-state index contributed by atoms with van der Waals surface area (Å²) in [5, 5.41) is 19.9. The molecule has 0 bridgehead atoms. The zero-order valence-electron chi connectivity index (χ0n) is 7.77. The van der Waals surface area contributed by atoms with Gasteiger partial charge in [0.2, 0.25) is 0 Å². The van der Waals surface area contributed by atoms with Crippen molar-refractivity contribution in [1.29, 1.82) is 0 Å². The van der Waals surface area contributed by atoms with Crippen LogP contribution in [0.3, 0.4) is 0 Å². The Balaban J connectivity index is 2.94. The molecule has 0 aromatic heterocycles. The van der Waals surface area contributed by atoms with Gasteiger partial charge >= 0.3 is 7.12 Å². The zero-order chi connectivity index (χ0) is 9.84. The Hall–Kier alpha value is -0.575. The molecule has 0 saturated carbocycles. The lowest BCUT2D eigenvalue weighted by Gasteiger charge is -2.03. The fourth-order valence-electron chi connectivity index (χ4n) is 0.991. The minimum Gasteiger partial charge on any atom is -0.423 e. The second-order valence-corrected chi connectivity index (χ2v) is 4.79. The van der Waals surface area contributed by atoms with E-state index in [-0.39, 0.29) is 10.5 Å². The smallest absolute Gasteiger partial charge is 0.423 e. The molecular formula is C9H13BO2S. The van der Waals surface area contributed by atoms with Crippen molar-refractivity contribution in [3.63, 3.8) is 0 Å². The van der Waals surface area contributed by atoms with Crippen molar-refractivity contribution in [2.75, 3.05) is 6.26 Å². The van der Waals surface area contributed by atoms with Crippen molar-refractivity contribution in [3.8, 4) is 0 Å². The Morgan fingerprint density at radius 2 is 1.77 bits per heavy atom. The van der Waals surface area contributed by atoms with Crippen LogP contribution in [0.1, 0.15) is 6.92 Å². The molecule has 0 radical (unpaired) electrons. The predicted octanol–water partition coefficient (Wildman–Crippen LogP) is 0.446. The van der Waals surface area contributed by atoms with Crippen LogP contribution in [0.15, 0.2) is 29.2 Å². The molecule has 1 atom stereocenters. The first-order valence-electron chi connectivity index (χ1n) is 4.05. The minimum atomic E-state index is -1.36. The molecule has 0 aliphatic rings. The molecule has 2 N–H and O–H groups in total. The van der Waals surface area contributed by atoms with Crippen molar-refractivity contribution < 1.29 is 10.0 Å². The molecule has 0 saturated heterocycles. The van der Waals surface area contributed by atoms with E-state index in [0.29, 0.717) is 5.46 Å². The highest BCUT2D eigenvalue weighted by atomic mass is 32.2. The van der Waals surface area contributed by atoms with Crippen LogP contribution in [0.2, 0.25) is 0 Å². The summed E-state index contributed by atoms with van der Waals surface area (Å²) in [5.41, 5.74) is 0.539. The first-order chi connectivity index (χ1) is 6.15. The molecule has 0 fully saturated rings. The second kappa shape index (κ2) is 4.60. The summed E-state index contributed by atoms with van der Waals surface area (Å²) in [6, 6.07) is 7.34. The molecule has 1 aromatic rings. The molecule has 0 aliphatic heterocycles. The summed E-state index contributed by atoms with van der Waals surface area (Å²) < 4.78 is 0. The van der Waals surface area contributed by atoms with Crippen LogP contribution in [-0.4, -0.2) is 28.8 Å². The third kappa shape index (κ3) is 2.69. The van der Waals surface area contributed by atoms with Crippen LogP contribution in [0.4, 0.5) is 0 Å². The maximum absolute atomic E-state index is 8.86. The highest BCUT2D eigenvalue weighted by molar-refractivity contribution is 8.14. The van der Waals surface area contributed by atoms with E-state index in [2.05, 4.69) is 11.6 Å². The van der Waals surface area contributed by atoms with Gasteiger partial charge in [0.25, 0.3) is 0 Å². The maximum atomic E-state index is 8.86. The van der Waals surface area contributed by atoms with Gasteiger partial charge in [-0.2, -0.15) is 10.5 Å². The van der Waals surface area contributed by atoms with Gasteiger partial charge in [0, 0.05) is 4.90 Å². The van der Waals surface area contributed by atoms with E-state index in [0.717, 1.165) is 0 Å². The lowest BCUT2D eigenvalue weighted by atomic mass is 9.81. The molecule has 0 spiro atoms. The molecule has 4 heteroatoms. The zero-order valence-corrected chi connectivity index (χ0v) is 8.58. The molecular weight excluding hydrogens is 183 g/mol. The molecule has 70 valence electrons. The predicted molar refractivity (Wildman–Crippen MR) is 59.8 cm³/mol. The van der Waals surface area contributed by atoms with E-state index in [4.69, 9.17) is 10.0 Å². The summed E-state index contributed by atoms with van der Waals surface area (Å²) >= 11 is 0. The van der Waals surface area contributed by atoms with Crippen LogP contribution in [0.5, 0.6) is 0 Å². The Bertz CT molecular complexity index is 306. The summed E-state index contributed by atoms with van der Waals surface area (Å²) in [6.07, 6.45) is 2.13. The number of benzene rings is 1. The SMILES string of the molecule is C/C=S(\C)c1ccc(B(O)O)cc1. The number of hydrogen-bond acceptors (Lipinski definition) is 2. The van der Waals surface area contributed by atoms with E-state index in [1.807, 2.05) is 19.1 Å². The average Bonchev–Trinajstić information content (AvgIpc) is 2.17. The van der Waals surface area contributed by atoms with Crippen LogP contribution in [-0.2, 0) is 0 Å². The third-order valence-corrected chi connectivity index (χ3v) is 3.63. The Kier molecular flexibility index (Phi) is 3.72. The molecule has 1 unspecified atom stereocenters. The molecule has 0 aliphatic carbocycles. The van der Waals surface area contributed by atoms with Gasteiger partial charge in [-0.3, -0.25) is 0 Å². The molecule has 1 aromatic carbocycles. The van der Waals surface area contributed by atoms with Gasteiger partial charge in [0.15, 0.2) is 0 Å². The van der Waals surface area contributed by atoms with Crippen molar-refractivity contribution in [1.82, 2.24) is 0 Å². The van der Waals surface area contributed by atoms with Gasteiger partial charge in [0.1, 0.15) is 0 Å². The number of rotatable bonds is 2. The van der Waals surface area contributed by atoms with E-state index < -0.39 is 7.12 Å².